The lowest BCUT2D eigenvalue weighted by molar-refractivity contribution is 0.218. The van der Waals surface area contributed by atoms with E-state index in [-0.39, 0.29) is 0 Å². The van der Waals surface area contributed by atoms with E-state index in [4.69, 9.17) is 11.6 Å². The molecule has 0 spiro atoms. The molecule has 0 aromatic heterocycles. The van der Waals surface area contributed by atoms with E-state index in [2.05, 4.69) is 18.7 Å². The number of hydrogen-bond donors (Lipinski definition) is 1. The molecule has 0 radical (unpaired) electrons. The summed E-state index contributed by atoms with van der Waals surface area (Å²) in [7, 11) is 0. The molecule has 0 unspecified atom stereocenters. The van der Waals surface area contributed by atoms with Crippen molar-refractivity contribution >= 4 is 11.6 Å². The fourth-order valence-electron chi connectivity index (χ4n) is 2.78. The van der Waals surface area contributed by atoms with Gasteiger partial charge in [0, 0.05) is 17.1 Å². The van der Waals surface area contributed by atoms with Gasteiger partial charge in [0.25, 0.3) is 0 Å². The summed E-state index contributed by atoms with van der Waals surface area (Å²) < 4.78 is 0. The lowest BCUT2D eigenvalue weighted by atomic mass is 9.95. The van der Waals surface area contributed by atoms with Gasteiger partial charge in [-0.2, -0.15) is 0 Å². The van der Waals surface area contributed by atoms with Crippen LogP contribution in [0.1, 0.15) is 55.7 Å². The van der Waals surface area contributed by atoms with Crippen molar-refractivity contribution in [2.75, 3.05) is 13.1 Å². The van der Waals surface area contributed by atoms with Gasteiger partial charge in [-0.15, -0.1) is 0 Å². The lowest BCUT2D eigenvalue weighted by Gasteiger charge is -2.28. The highest BCUT2D eigenvalue weighted by molar-refractivity contribution is 6.31. The van der Waals surface area contributed by atoms with Crippen molar-refractivity contribution in [2.24, 2.45) is 0 Å². The molecule has 1 heterocycles. The molecule has 0 saturated carbocycles. The molecule has 1 aromatic rings. The summed E-state index contributed by atoms with van der Waals surface area (Å²) in [6.07, 6.45) is 3.85. The molecule has 1 N–H and O–H groups in total. The smallest absolute Gasteiger partial charge is 0.123 e. The largest absolute Gasteiger partial charge is 0.507 e. The van der Waals surface area contributed by atoms with Gasteiger partial charge in [0.1, 0.15) is 5.75 Å². The minimum Gasteiger partial charge on any atom is -0.507 e. The Hall–Kier alpha value is -0.730. The van der Waals surface area contributed by atoms with Gasteiger partial charge < -0.3 is 5.11 Å². The van der Waals surface area contributed by atoms with E-state index in [9.17, 15) is 5.11 Å². The van der Waals surface area contributed by atoms with E-state index >= 15 is 0 Å². The zero-order chi connectivity index (χ0) is 14.0. The van der Waals surface area contributed by atoms with Gasteiger partial charge in [-0.3, -0.25) is 4.90 Å². The van der Waals surface area contributed by atoms with Gasteiger partial charge in [0.05, 0.1) is 0 Å². The number of hydrogen-bond acceptors (Lipinski definition) is 2. The van der Waals surface area contributed by atoms with Gasteiger partial charge in [0.15, 0.2) is 0 Å². The molecule has 0 amide bonds. The van der Waals surface area contributed by atoms with Crippen LogP contribution in [0, 0.1) is 6.92 Å². The summed E-state index contributed by atoms with van der Waals surface area (Å²) >= 11 is 6.32. The number of benzene rings is 1. The van der Waals surface area contributed by atoms with Crippen LogP contribution in [0.15, 0.2) is 6.07 Å². The number of likely N-dealkylation sites (tertiary alicyclic amines) is 1. The summed E-state index contributed by atoms with van der Waals surface area (Å²) in [6.45, 7) is 9.25. The third kappa shape index (κ3) is 3.24. The van der Waals surface area contributed by atoms with Crippen molar-refractivity contribution in [3.05, 3.63) is 27.8 Å². The van der Waals surface area contributed by atoms with E-state index in [1.807, 2.05) is 13.0 Å². The second kappa shape index (κ2) is 6.15. The van der Waals surface area contributed by atoms with Crippen molar-refractivity contribution in [3.63, 3.8) is 0 Å². The Labute approximate surface area is 121 Å². The first-order chi connectivity index (χ1) is 9.00. The summed E-state index contributed by atoms with van der Waals surface area (Å²) in [5.74, 6) is 0.737. The molecule has 1 aliphatic heterocycles. The quantitative estimate of drug-likeness (QED) is 0.884. The molecule has 1 saturated heterocycles. The molecule has 1 aliphatic rings. The summed E-state index contributed by atoms with van der Waals surface area (Å²) in [4.78, 5) is 2.42. The minimum atomic E-state index is 0.290. The Bertz CT molecular complexity index is 451. The van der Waals surface area contributed by atoms with Crippen LogP contribution in [0.5, 0.6) is 5.75 Å². The summed E-state index contributed by atoms with van der Waals surface area (Å²) in [5.41, 5.74) is 3.00. The third-order valence-electron chi connectivity index (χ3n) is 4.10. The first-order valence-corrected chi connectivity index (χ1v) is 7.61. The summed E-state index contributed by atoms with van der Waals surface area (Å²) in [5, 5.41) is 11.3. The molecule has 0 aliphatic carbocycles. The topological polar surface area (TPSA) is 23.5 Å². The molecule has 0 bridgehead atoms. The predicted octanol–water partition coefficient (Wildman–Crippen LogP) is 4.46. The number of rotatable bonds is 3. The second-order valence-electron chi connectivity index (χ2n) is 5.89. The molecular weight excluding hydrogens is 258 g/mol. The van der Waals surface area contributed by atoms with E-state index in [1.54, 1.807) is 0 Å². The molecule has 2 nitrogen and oxygen atoms in total. The molecule has 106 valence electrons. The number of piperidine rings is 1. The number of halogens is 1. The van der Waals surface area contributed by atoms with Crippen LogP contribution >= 0.6 is 11.6 Å². The SMILES string of the molecule is Cc1c(Cl)cc(C(C)C)c(O)c1CN1CCCCC1. The van der Waals surface area contributed by atoms with E-state index in [0.29, 0.717) is 11.7 Å². The molecule has 2 rings (SSSR count). The predicted molar refractivity (Wildman–Crippen MR) is 81.1 cm³/mol. The van der Waals surface area contributed by atoms with Crippen LogP contribution in [-0.4, -0.2) is 23.1 Å². The average molecular weight is 282 g/mol. The Kier molecular flexibility index (Phi) is 4.75. The van der Waals surface area contributed by atoms with Crippen molar-refractivity contribution < 1.29 is 5.11 Å². The molecule has 1 aromatic carbocycles. The molecular formula is C16H24ClNO. The first-order valence-electron chi connectivity index (χ1n) is 7.24. The van der Waals surface area contributed by atoms with E-state index in [0.717, 1.165) is 41.3 Å². The van der Waals surface area contributed by atoms with Crippen LogP contribution < -0.4 is 0 Å². The normalized spacial score (nSPS) is 17.1. The van der Waals surface area contributed by atoms with Crippen LogP contribution in [0.3, 0.4) is 0 Å². The maximum Gasteiger partial charge on any atom is 0.123 e. The minimum absolute atomic E-state index is 0.290. The Morgan fingerprint density at radius 1 is 1.26 bits per heavy atom. The molecule has 3 heteroatoms. The van der Waals surface area contributed by atoms with Gasteiger partial charge in [-0.05, 0) is 56.0 Å². The maximum absolute atomic E-state index is 10.5. The highest BCUT2D eigenvalue weighted by Crippen LogP contribution is 2.36. The van der Waals surface area contributed by atoms with Crippen molar-refractivity contribution in [1.29, 1.82) is 0 Å². The fraction of sp³-hybridized carbons (Fsp3) is 0.625. The fourth-order valence-corrected chi connectivity index (χ4v) is 3.02. The van der Waals surface area contributed by atoms with Crippen LogP contribution in [0.25, 0.3) is 0 Å². The average Bonchev–Trinajstić information content (AvgIpc) is 2.40. The number of nitrogens with zero attached hydrogens (tertiary/aromatic N) is 1. The molecule has 1 fully saturated rings. The Morgan fingerprint density at radius 2 is 1.89 bits per heavy atom. The maximum atomic E-state index is 10.5. The number of aromatic hydroxyl groups is 1. The van der Waals surface area contributed by atoms with Gasteiger partial charge >= 0.3 is 0 Å². The van der Waals surface area contributed by atoms with E-state index < -0.39 is 0 Å². The highest BCUT2D eigenvalue weighted by atomic mass is 35.5. The molecule has 19 heavy (non-hydrogen) atoms. The standard InChI is InChI=1S/C16H24ClNO/c1-11(2)13-9-15(17)12(3)14(16(13)19)10-18-7-5-4-6-8-18/h9,11,19H,4-8,10H2,1-3H3. The van der Waals surface area contributed by atoms with Gasteiger partial charge in [-0.1, -0.05) is 31.9 Å². The third-order valence-corrected chi connectivity index (χ3v) is 4.50. The summed E-state index contributed by atoms with van der Waals surface area (Å²) in [6, 6.07) is 1.91. The Morgan fingerprint density at radius 3 is 2.47 bits per heavy atom. The van der Waals surface area contributed by atoms with Crippen LogP contribution in [0.2, 0.25) is 5.02 Å². The monoisotopic (exact) mass is 281 g/mol. The van der Waals surface area contributed by atoms with Crippen molar-refractivity contribution in [2.45, 2.75) is 52.5 Å². The van der Waals surface area contributed by atoms with Crippen molar-refractivity contribution in [3.8, 4) is 5.75 Å². The van der Waals surface area contributed by atoms with Gasteiger partial charge in [0.2, 0.25) is 0 Å². The van der Waals surface area contributed by atoms with E-state index in [1.165, 1.54) is 19.3 Å². The van der Waals surface area contributed by atoms with Crippen LogP contribution in [0.4, 0.5) is 0 Å². The first kappa shape index (κ1) is 14.7. The molecule has 0 atom stereocenters. The van der Waals surface area contributed by atoms with Crippen molar-refractivity contribution in [1.82, 2.24) is 4.90 Å². The number of phenolic OH excluding ortho intramolecular Hbond substituents is 1. The second-order valence-corrected chi connectivity index (χ2v) is 6.30. The highest BCUT2D eigenvalue weighted by Gasteiger charge is 2.19. The van der Waals surface area contributed by atoms with Crippen LogP contribution in [-0.2, 0) is 6.54 Å². The number of phenols is 1. The zero-order valence-electron chi connectivity index (χ0n) is 12.2. The zero-order valence-corrected chi connectivity index (χ0v) is 12.9. The lowest BCUT2D eigenvalue weighted by Crippen LogP contribution is -2.29. The Balaban J connectivity index is 2.32. The van der Waals surface area contributed by atoms with Gasteiger partial charge in [-0.25, -0.2) is 0 Å².